The summed E-state index contributed by atoms with van der Waals surface area (Å²) in [6.45, 7) is 6.63. The first kappa shape index (κ1) is 16.0. The van der Waals surface area contributed by atoms with Crippen molar-refractivity contribution in [3.8, 4) is 0 Å². The fourth-order valence-electron chi connectivity index (χ4n) is 2.19. The van der Waals surface area contributed by atoms with Gasteiger partial charge in [0.1, 0.15) is 0 Å². The summed E-state index contributed by atoms with van der Waals surface area (Å²) >= 11 is 3.52. The Hall–Kier alpha value is -1.33. The zero-order valence-electron chi connectivity index (χ0n) is 12.6. The SMILES string of the molecule is CCOCCCn1ccnc1Nc1ccc(Br)cc1CC. The second-order valence-electron chi connectivity index (χ2n) is 4.77. The molecule has 0 saturated carbocycles. The molecule has 0 unspecified atom stereocenters. The van der Waals surface area contributed by atoms with Crippen LogP contribution in [0.1, 0.15) is 25.8 Å². The van der Waals surface area contributed by atoms with Gasteiger partial charge in [0.2, 0.25) is 5.95 Å². The summed E-state index contributed by atoms with van der Waals surface area (Å²) in [7, 11) is 0. The highest BCUT2D eigenvalue weighted by atomic mass is 79.9. The van der Waals surface area contributed by atoms with E-state index in [9.17, 15) is 0 Å². The number of imidazole rings is 1. The predicted molar refractivity (Wildman–Crippen MR) is 90.1 cm³/mol. The summed E-state index contributed by atoms with van der Waals surface area (Å²) in [4.78, 5) is 4.41. The van der Waals surface area contributed by atoms with Gasteiger partial charge in [-0.3, -0.25) is 0 Å². The monoisotopic (exact) mass is 351 g/mol. The first-order valence-corrected chi connectivity index (χ1v) is 8.18. The van der Waals surface area contributed by atoms with E-state index in [1.807, 2.05) is 25.4 Å². The molecule has 0 aliphatic rings. The lowest BCUT2D eigenvalue weighted by Crippen LogP contribution is -2.07. The van der Waals surface area contributed by atoms with Crippen molar-refractivity contribution in [3.05, 3.63) is 40.6 Å². The van der Waals surface area contributed by atoms with E-state index in [-0.39, 0.29) is 0 Å². The highest BCUT2D eigenvalue weighted by Crippen LogP contribution is 2.24. The third kappa shape index (κ3) is 4.58. The van der Waals surface area contributed by atoms with Gasteiger partial charge in [0.25, 0.3) is 0 Å². The Balaban J connectivity index is 2.05. The molecular formula is C16H22BrN3O. The normalized spacial score (nSPS) is 10.8. The molecular weight excluding hydrogens is 330 g/mol. The summed E-state index contributed by atoms with van der Waals surface area (Å²) in [6, 6.07) is 6.27. The van der Waals surface area contributed by atoms with Crippen LogP contribution in [0.3, 0.4) is 0 Å². The average molecular weight is 352 g/mol. The molecule has 5 heteroatoms. The molecule has 0 amide bonds. The smallest absolute Gasteiger partial charge is 0.207 e. The average Bonchev–Trinajstić information content (AvgIpc) is 2.93. The number of nitrogens with zero attached hydrogens (tertiary/aromatic N) is 2. The number of hydrogen-bond acceptors (Lipinski definition) is 3. The maximum Gasteiger partial charge on any atom is 0.207 e. The van der Waals surface area contributed by atoms with Gasteiger partial charge in [0, 0.05) is 42.3 Å². The largest absolute Gasteiger partial charge is 0.382 e. The van der Waals surface area contributed by atoms with Crippen LogP contribution in [-0.4, -0.2) is 22.8 Å². The standard InChI is InChI=1S/C16H22BrN3O/c1-3-13-12-14(17)6-7-15(13)19-16-18-8-10-20(16)9-5-11-21-4-2/h6-8,10,12H,3-5,9,11H2,1-2H3,(H,18,19). The van der Waals surface area contributed by atoms with Crippen LogP contribution in [0.25, 0.3) is 0 Å². The number of aryl methyl sites for hydroxylation is 2. The summed E-state index contributed by atoms with van der Waals surface area (Å²) in [6.07, 6.45) is 5.79. The van der Waals surface area contributed by atoms with Gasteiger partial charge >= 0.3 is 0 Å². The van der Waals surface area contributed by atoms with Crippen LogP contribution >= 0.6 is 15.9 Å². The van der Waals surface area contributed by atoms with Crippen molar-refractivity contribution in [2.24, 2.45) is 0 Å². The fourth-order valence-corrected chi connectivity index (χ4v) is 2.60. The molecule has 4 nitrogen and oxygen atoms in total. The van der Waals surface area contributed by atoms with E-state index in [1.54, 1.807) is 0 Å². The Kier molecular flexibility index (Phi) is 6.26. The van der Waals surface area contributed by atoms with Crippen LogP contribution in [0.15, 0.2) is 35.1 Å². The van der Waals surface area contributed by atoms with Gasteiger partial charge in [0.15, 0.2) is 0 Å². The molecule has 1 aromatic heterocycles. The summed E-state index contributed by atoms with van der Waals surface area (Å²) in [5, 5.41) is 3.43. The maximum atomic E-state index is 5.38. The van der Waals surface area contributed by atoms with Crippen LogP contribution in [-0.2, 0) is 17.7 Å². The van der Waals surface area contributed by atoms with Gasteiger partial charge in [-0.05, 0) is 43.5 Å². The summed E-state index contributed by atoms with van der Waals surface area (Å²) in [5.74, 6) is 0.878. The van der Waals surface area contributed by atoms with Crippen molar-refractivity contribution < 1.29 is 4.74 Å². The number of rotatable bonds is 8. The van der Waals surface area contributed by atoms with Crippen molar-refractivity contribution in [2.45, 2.75) is 33.2 Å². The number of nitrogens with one attached hydrogen (secondary N) is 1. The number of ether oxygens (including phenoxy) is 1. The van der Waals surface area contributed by atoms with Crippen molar-refractivity contribution in [1.82, 2.24) is 9.55 Å². The molecule has 114 valence electrons. The van der Waals surface area contributed by atoms with Crippen LogP contribution in [0, 0.1) is 0 Å². The molecule has 1 aromatic carbocycles. The topological polar surface area (TPSA) is 39.1 Å². The molecule has 0 bridgehead atoms. The molecule has 0 aliphatic carbocycles. The quantitative estimate of drug-likeness (QED) is 0.717. The zero-order valence-corrected chi connectivity index (χ0v) is 14.2. The highest BCUT2D eigenvalue weighted by molar-refractivity contribution is 9.10. The lowest BCUT2D eigenvalue weighted by molar-refractivity contribution is 0.142. The van der Waals surface area contributed by atoms with E-state index in [4.69, 9.17) is 4.74 Å². The van der Waals surface area contributed by atoms with E-state index in [2.05, 4.69) is 49.9 Å². The predicted octanol–water partition coefficient (Wildman–Crippen LogP) is 4.38. The molecule has 0 atom stereocenters. The Morgan fingerprint density at radius 2 is 2.19 bits per heavy atom. The van der Waals surface area contributed by atoms with Crippen LogP contribution < -0.4 is 5.32 Å². The summed E-state index contributed by atoms with van der Waals surface area (Å²) < 4.78 is 8.61. The van der Waals surface area contributed by atoms with Gasteiger partial charge in [-0.25, -0.2) is 4.98 Å². The number of aromatic nitrogens is 2. The van der Waals surface area contributed by atoms with Crippen molar-refractivity contribution in [1.29, 1.82) is 0 Å². The maximum absolute atomic E-state index is 5.38. The molecule has 1 N–H and O–H groups in total. The third-order valence-corrected chi connectivity index (χ3v) is 3.80. The highest BCUT2D eigenvalue weighted by Gasteiger charge is 2.06. The van der Waals surface area contributed by atoms with Gasteiger partial charge in [-0.1, -0.05) is 22.9 Å². The van der Waals surface area contributed by atoms with Gasteiger partial charge in [0.05, 0.1) is 0 Å². The molecule has 0 spiro atoms. The first-order chi connectivity index (χ1) is 10.2. The number of benzene rings is 1. The Morgan fingerprint density at radius 3 is 2.95 bits per heavy atom. The van der Waals surface area contributed by atoms with Gasteiger partial charge in [-0.15, -0.1) is 0 Å². The molecule has 0 fully saturated rings. The van der Waals surface area contributed by atoms with E-state index in [1.165, 1.54) is 5.56 Å². The van der Waals surface area contributed by atoms with E-state index < -0.39 is 0 Å². The number of hydrogen-bond donors (Lipinski definition) is 1. The second-order valence-corrected chi connectivity index (χ2v) is 5.69. The van der Waals surface area contributed by atoms with Crippen LogP contribution in [0.2, 0.25) is 0 Å². The lowest BCUT2D eigenvalue weighted by Gasteiger charge is -2.13. The Bertz CT molecular complexity index is 568. The van der Waals surface area contributed by atoms with Crippen molar-refractivity contribution >= 4 is 27.6 Å². The summed E-state index contributed by atoms with van der Waals surface area (Å²) in [5.41, 5.74) is 2.38. The molecule has 1 heterocycles. The molecule has 0 saturated heterocycles. The Labute approximate surface area is 134 Å². The molecule has 2 rings (SSSR count). The minimum Gasteiger partial charge on any atom is -0.382 e. The van der Waals surface area contributed by atoms with Gasteiger partial charge < -0.3 is 14.6 Å². The van der Waals surface area contributed by atoms with E-state index in [0.717, 1.165) is 48.7 Å². The molecule has 2 aromatic rings. The number of halogens is 1. The van der Waals surface area contributed by atoms with Crippen LogP contribution in [0.4, 0.5) is 11.6 Å². The minimum absolute atomic E-state index is 0.772. The van der Waals surface area contributed by atoms with Crippen molar-refractivity contribution in [3.63, 3.8) is 0 Å². The fraction of sp³-hybridized carbons (Fsp3) is 0.438. The first-order valence-electron chi connectivity index (χ1n) is 7.39. The Morgan fingerprint density at radius 1 is 1.33 bits per heavy atom. The zero-order chi connectivity index (χ0) is 15.1. The van der Waals surface area contributed by atoms with E-state index in [0.29, 0.717) is 0 Å². The van der Waals surface area contributed by atoms with Gasteiger partial charge in [-0.2, -0.15) is 0 Å². The molecule has 0 aliphatic heterocycles. The lowest BCUT2D eigenvalue weighted by atomic mass is 10.1. The number of anilines is 2. The van der Waals surface area contributed by atoms with E-state index >= 15 is 0 Å². The third-order valence-electron chi connectivity index (χ3n) is 3.30. The van der Waals surface area contributed by atoms with Crippen LogP contribution in [0.5, 0.6) is 0 Å². The molecule has 0 radical (unpaired) electrons. The molecule has 21 heavy (non-hydrogen) atoms. The minimum atomic E-state index is 0.772. The van der Waals surface area contributed by atoms with Crippen molar-refractivity contribution in [2.75, 3.05) is 18.5 Å². The second kappa shape index (κ2) is 8.20.